The normalized spacial score (nSPS) is 39.5. The van der Waals surface area contributed by atoms with Gasteiger partial charge in [-0.3, -0.25) is 0 Å². The SMILES string of the molecule is CC(C)(C)CC1CC2CCCC2C1. The van der Waals surface area contributed by atoms with Gasteiger partial charge in [0.2, 0.25) is 0 Å². The van der Waals surface area contributed by atoms with Gasteiger partial charge in [0.15, 0.2) is 0 Å². The molecule has 0 heteroatoms. The molecule has 0 aromatic heterocycles. The summed E-state index contributed by atoms with van der Waals surface area (Å²) in [7, 11) is 0. The van der Waals surface area contributed by atoms with Gasteiger partial charge in [-0.25, -0.2) is 0 Å². The third kappa shape index (κ3) is 2.27. The molecule has 0 heterocycles. The lowest BCUT2D eigenvalue weighted by Crippen LogP contribution is -2.11. The molecule has 0 aliphatic heterocycles. The van der Waals surface area contributed by atoms with E-state index in [4.69, 9.17) is 0 Å². The van der Waals surface area contributed by atoms with E-state index in [-0.39, 0.29) is 0 Å². The van der Waals surface area contributed by atoms with Gasteiger partial charge >= 0.3 is 0 Å². The molecule has 0 aromatic carbocycles. The topological polar surface area (TPSA) is 0 Å². The van der Waals surface area contributed by atoms with E-state index >= 15 is 0 Å². The molecule has 2 fully saturated rings. The maximum Gasteiger partial charge on any atom is -0.0380 e. The average Bonchev–Trinajstić information content (AvgIpc) is 2.40. The zero-order chi connectivity index (χ0) is 9.47. The highest BCUT2D eigenvalue weighted by atomic mass is 14.4. The van der Waals surface area contributed by atoms with Gasteiger partial charge in [-0.15, -0.1) is 0 Å². The maximum absolute atomic E-state index is 2.39. The number of hydrogen-bond acceptors (Lipinski definition) is 0. The molecule has 0 bridgehead atoms. The van der Waals surface area contributed by atoms with E-state index in [2.05, 4.69) is 20.8 Å². The lowest BCUT2D eigenvalue weighted by atomic mass is 9.83. The standard InChI is InChI=1S/C13H24/c1-13(2,3)9-10-7-11-5-4-6-12(11)8-10/h10-12H,4-9H2,1-3H3. The van der Waals surface area contributed by atoms with Gasteiger partial charge in [0, 0.05) is 0 Å². The molecule has 2 rings (SSSR count). The summed E-state index contributed by atoms with van der Waals surface area (Å²) < 4.78 is 0. The minimum atomic E-state index is 0.559. The fraction of sp³-hybridized carbons (Fsp3) is 1.00. The molecular formula is C13H24. The van der Waals surface area contributed by atoms with Crippen LogP contribution >= 0.6 is 0 Å². The van der Waals surface area contributed by atoms with Crippen molar-refractivity contribution in [3.8, 4) is 0 Å². The molecule has 0 amide bonds. The van der Waals surface area contributed by atoms with Crippen molar-refractivity contribution in [2.45, 2.75) is 59.3 Å². The smallest absolute Gasteiger partial charge is 0.0380 e. The lowest BCUT2D eigenvalue weighted by molar-refractivity contribution is 0.286. The molecule has 0 aromatic rings. The molecule has 0 radical (unpaired) electrons. The Kier molecular flexibility index (Phi) is 2.42. The van der Waals surface area contributed by atoms with Crippen LogP contribution in [0.25, 0.3) is 0 Å². The molecule has 2 unspecified atom stereocenters. The van der Waals surface area contributed by atoms with Crippen molar-refractivity contribution in [1.29, 1.82) is 0 Å². The summed E-state index contributed by atoms with van der Waals surface area (Å²) in [5, 5.41) is 0. The number of fused-ring (bicyclic) bond motifs is 1. The van der Waals surface area contributed by atoms with Crippen molar-refractivity contribution >= 4 is 0 Å². The Labute approximate surface area is 83.1 Å². The van der Waals surface area contributed by atoms with Crippen molar-refractivity contribution in [3.05, 3.63) is 0 Å². The quantitative estimate of drug-likeness (QED) is 0.566. The van der Waals surface area contributed by atoms with Crippen LogP contribution in [-0.4, -0.2) is 0 Å². The van der Waals surface area contributed by atoms with E-state index in [1.165, 1.54) is 12.8 Å². The Morgan fingerprint density at radius 1 is 1.00 bits per heavy atom. The maximum atomic E-state index is 2.39. The van der Waals surface area contributed by atoms with Crippen LogP contribution < -0.4 is 0 Å². The Balaban J connectivity index is 1.85. The minimum Gasteiger partial charge on any atom is -0.0602 e. The fourth-order valence-corrected chi connectivity index (χ4v) is 3.72. The van der Waals surface area contributed by atoms with Crippen LogP contribution in [0.1, 0.15) is 59.3 Å². The van der Waals surface area contributed by atoms with Gasteiger partial charge in [0.25, 0.3) is 0 Å². The second kappa shape index (κ2) is 3.29. The van der Waals surface area contributed by atoms with Crippen molar-refractivity contribution < 1.29 is 0 Å². The zero-order valence-electron chi connectivity index (χ0n) is 9.47. The highest BCUT2D eigenvalue weighted by molar-refractivity contribution is 4.89. The van der Waals surface area contributed by atoms with Gasteiger partial charge < -0.3 is 0 Å². The second-order valence-electron chi connectivity index (χ2n) is 6.55. The van der Waals surface area contributed by atoms with Crippen LogP contribution in [0.3, 0.4) is 0 Å². The monoisotopic (exact) mass is 180 g/mol. The fourth-order valence-electron chi connectivity index (χ4n) is 3.72. The molecule has 2 saturated carbocycles. The molecule has 2 aliphatic carbocycles. The van der Waals surface area contributed by atoms with Gasteiger partial charge in [0.1, 0.15) is 0 Å². The molecule has 0 saturated heterocycles. The summed E-state index contributed by atoms with van der Waals surface area (Å²) in [6.45, 7) is 7.17. The first-order chi connectivity index (χ1) is 6.04. The molecule has 13 heavy (non-hydrogen) atoms. The van der Waals surface area contributed by atoms with E-state index in [0.29, 0.717) is 5.41 Å². The summed E-state index contributed by atoms with van der Waals surface area (Å²) in [4.78, 5) is 0. The van der Waals surface area contributed by atoms with Gasteiger partial charge in [0.05, 0.1) is 0 Å². The first-order valence-corrected chi connectivity index (χ1v) is 6.04. The first kappa shape index (κ1) is 9.55. The largest absolute Gasteiger partial charge is 0.0602 e. The average molecular weight is 180 g/mol. The number of rotatable bonds is 1. The molecule has 0 nitrogen and oxygen atoms in total. The van der Waals surface area contributed by atoms with Crippen LogP contribution in [0, 0.1) is 23.2 Å². The summed E-state index contributed by atoms with van der Waals surface area (Å²) in [5.74, 6) is 3.33. The Morgan fingerprint density at radius 3 is 2.00 bits per heavy atom. The Bertz CT molecular complexity index is 163. The molecular weight excluding hydrogens is 156 g/mol. The van der Waals surface area contributed by atoms with Crippen LogP contribution in [0.2, 0.25) is 0 Å². The second-order valence-corrected chi connectivity index (χ2v) is 6.55. The lowest BCUT2D eigenvalue weighted by Gasteiger charge is -2.23. The highest BCUT2D eigenvalue weighted by Gasteiger charge is 2.38. The van der Waals surface area contributed by atoms with Gasteiger partial charge in [-0.05, 0) is 42.4 Å². The molecule has 2 aliphatic rings. The summed E-state index contributed by atoms with van der Waals surface area (Å²) in [6, 6.07) is 0. The van der Waals surface area contributed by atoms with E-state index < -0.39 is 0 Å². The van der Waals surface area contributed by atoms with E-state index in [1.807, 2.05) is 0 Å². The summed E-state index contributed by atoms with van der Waals surface area (Å²) >= 11 is 0. The van der Waals surface area contributed by atoms with Crippen molar-refractivity contribution in [3.63, 3.8) is 0 Å². The highest BCUT2D eigenvalue weighted by Crippen LogP contribution is 2.49. The minimum absolute atomic E-state index is 0.559. The van der Waals surface area contributed by atoms with Crippen LogP contribution in [-0.2, 0) is 0 Å². The van der Waals surface area contributed by atoms with E-state index in [1.54, 1.807) is 25.7 Å². The predicted octanol–water partition coefficient (Wildman–Crippen LogP) is 4.25. The van der Waals surface area contributed by atoms with Crippen molar-refractivity contribution in [2.75, 3.05) is 0 Å². The first-order valence-electron chi connectivity index (χ1n) is 6.04. The predicted molar refractivity (Wildman–Crippen MR) is 57.6 cm³/mol. The van der Waals surface area contributed by atoms with Crippen LogP contribution in [0.5, 0.6) is 0 Å². The molecule has 76 valence electrons. The van der Waals surface area contributed by atoms with Crippen molar-refractivity contribution in [2.24, 2.45) is 23.2 Å². The Hall–Kier alpha value is 0. The van der Waals surface area contributed by atoms with E-state index in [0.717, 1.165) is 17.8 Å². The third-order valence-electron chi connectivity index (χ3n) is 3.99. The van der Waals surface area contributed by atoms with Crippen molar-refractivity contribution in [1.82, 2.24) is 0 Å². The molecule has 0 N–H and O–H groups in total. The molecule has 2 atom stereocenters. The van der Waals surface area contributed by atoms with Gasteiger partial charge in [-0.1, -0.05) is 40.0 Å². The summed E-state index contributed by atoms with van der Waals surface area (Å²) in [6.07, 6.45) is 9.19. The Morgan fingerprint density at radius 2 is 1.54 bits per heavy atom. The van der Waals surface area contributed by atoms with E-state index in [9.17, 15) is 0 Å². The van der Waals surface area contributed by atoms with Gasteiger partial charge in [-0.2, -0.15) is 0 Å². The molecule has 0 spiro atoms. The zero-order valence-corrected chi connectivity index (χ0v) is 9.47. The third-order valence-corrected chi connectivity index (χ3v) is 3.99. The summed E-state index contributed by atoms with van der Waals surface area (Å²) in [5.41, 5.74) is 0.559. The number of hydrogen-bond donors (Lipinski definition) is 0. The van der Waals surface area contributed by atoms with Crippen LogP contribution in [0.4, 0.5) is 0 Å². The van der Waals surface area contributed by atoms with Crippen LogP contribution in [0.15, 0.2) is 0 Å².